The molecule has 1 aliphatic heterocycles. The van der Waals surface area contributed by atoms with E-state index in [2.05, 4.69) is 36.2 Å². The van der Waals surface area contributed by atoms with E-state index in [4.69, 9.17) is 15.1 Å². The SMILES string of the molecule is CC(C)[C@H]1COCCN1c1ccc(CCC(=O)O)cc1Nc1ccc(C#N)cc1. The molecule has 0 saturated carbocycles. The smallest absolute Gasteiger partial charge is 0.303 e. The summed E-state index contributed by atoms with van der Waals surface area (Å²) in [5.41, 5.74) is 4.48. The first-order valence-electron chi connectivity index (χ1n) is 9.94. The van der Waals surface area contributed by atoms with Gasteiger partial charge in [-0.05, 0) is 54.3 Å². The van der Waals surface area contributed by atoms with Gasteiger partial charge in [-0.25, -0.2) is 0 Å². The molecule has 0 spiro atoms. The van der Waals surface area contributed by atoms with Crippen molar-refractivity contribution in [2.45, 2.75) is 32.7 Å². The fourth-order valence-corrected chi connectivity index (χ4v) is 3.60. The third-order valence-corrected chi connectivity index (χ3v) is 5.23. The van der Waals surface area contributed by atoms with Crippen LogP contribution in [0.2, 0.25) is 0 Å². The summed E-state index contributed by atoms with van der Waals surface area (Å²) in [6, 6.07) is 15.8. The van der Waals surface area contributed by atoms with E-state index in [1.54, 1.807) is 12.1 Å². The van der Waals surface area contributed by atoms with Gasteiger partial charge in [-0.2, -0.15) is 5.26 Å². The molecule has 29 heavy (non-hydrogen) atoms. The van der Waals surface area contributed by atoms with Gasteiger partial charge in [-0.1, -0.05) is 19.9 Å². The second-order valence-corrected chi connectivity index (χ2v) is 7.64. The van der Waals surface area contributed by atoms with Gasteiger partial charge < -0.3 is 20.1 Å². The van der Waals surface area contributed by atoms with Gasteiger partial charge in [0.2, 0.25) is 0 Å². The van der Waals surface area contributed by atoms with Crippen LogP contribution in [0.25, 0.3) is 0 Å². The number of rotatable bonds is 7. The number of aliphatic carboxylic acids is 1. The van der Waals surface area contributed by atoms with Crippen LogP contribution in [0.15, 0.2) is 42.5 Å². The average molecular weight is 393 g/mol. The van der Waals surface area contributed by atoms with Gasteiger partial charge in [0.1, 0.15) is 0 Å². The Bertz CT molecular complexity index is 887. The van der Waals surface area contributed by atoms with Crippen molar-refractivity contribution in [3.05, 3.63) is 53.6 Å². The van der Waals surface area contributed by atoms with Gasteiger partial charge in [0.05, 0.1) is 42.3 Å². The topological polar surface area (TPSA) is 85.6 Å². The summed E-state index contributed by atoms with van der Waals surface area (Å²) < 4.78 is 5.71. The molecule has 1 fully saturated rings. The summed E-state index contributed by atoms with van der Waals surface area (Å²) in [6.45, 7) is 6.57. The molecule has 6 heteroatoms. The predicted octanol–water partition coefficient (Wildman–Crippen LogP) is 4.18. The lowest BCUT2D eigenvalue weighted by atomic mass is 10.00. The van der Waals surface area contributed by atoms with Crippen molar-refractivity contribution in [3.63, 3.8) is 0 Å². The maximum absolute atomic E-state index is 11.0. The average Bonchev–Trinajstić information content (AvgIpc) is 2.73. The van der Waals surface area contributed by atoms with Crippen LogP contribution in [0.5, 0.6) is 0 Å². The molecule has 2 aromatic carbocycles. The molecule has 0 aromatic heterocycles. The van der Waals surface area contributed by atoms with Crippen molar-refractivity contribution in [2.75, 3.05) is 30.0 Å². The van der Waals surface area contributed by atoms with E-state index >= 15 is 0 Å². The van der Waals surface area contributed by atoms with E-state index in [9.17, 15) is 4.79 Å². The first-order chi connectivity index (χ1) is 14.0. The monoisotopic (exact) mass is 393 g/mol. The quantitative estimate of drug-likeness (QED) is 0.734. The first kappa shape index (κ1) is 20.7. The molecule has 3 rings (SSSR count). The molecule has 2 N–H and O–H groups in total. The van der Waals surface area contributed by atoms with Crippen molar-refractivity contribution < 1.29 is 14.6 Å². The highest BCUT2D eigenvalue weighted by Gasteiger charge is 2.27. The lowest BCUT2D eigenvalue weighted by Crippen LogP contribution is -2.48. The second kappa shape index (κ2) is 9.44. The zero-order chi connectivity index (χ0) is 20.8. The van der Waals surface area contributed by atoms with Crippen molar-refractivity contribution in [1.82, 2.24) is 0 Å². The Hall–Kier alpha value is -3.04. The Labute approximate surface area is 171 Å². The summed E-state index contributed by atoms with van der Waals surface area (Å²) in [6.07, 6.45) is 0.580. The van der Waals surface area contributed by atoms with Crippen LogP contribution in [-0.2, 0) is 16.0 Å². The Morgan fingerprint density at radius 2 is 2.07 bits per heavy atom. The zero-order valence-corrected chi connectivity index (χ0v) is 16.9. The van der Waals surface area contributed by atoms with Crippen LogP contribution in [0.1, 0.15) is 31.4 Å². The summed E-state index contributed by atoms with van der Waals surface area (Å²) in [7, 11) is 0. The largest absolute Gasteiger partial charge is 0.481 e. The molecule has 1 atom stereocenters. The number of anilines is 3. The number of carboxylic acid groups (broad SMARTS) is 1. The molecule has 0 bridgehead atoms. The lowest BCUT2D eigenvalue weighted by Gasteiger charge is -2.40. The highest BCUT2D eigenvalue weighted by atomic mass is 16.5. The van der Waals surface area contributed by atoms with E-state index in [1.807, 2.05) is 24.3 Å². The Kier molecular flexibility index (Phi) is 6.73. The number of carbonyl (C=O) groups is 1. The highest BCUT2D eigenvalue weighted by Crippen LogP contribution is 2.34. The highest BCUT2D eigenvalue weighted by molar-refractivity contribution is 5.77. The van der Waals surface area contributed by atoms with Crippen molar-refractivity contribution in [3.8, 4) is 6.07 Å². The molecule has 0 unspecified atom stereocenters. The van der Waals surface area contributed by atoms with E-state index in [1.165, 1.54) is 0 Å². The van der Waals surface area contributed by atoms with Crippen LogP contribution < -0.4 is 10.2 Å². The molecule has 6 nitrogen and oxygen atoms in total. The lowest BCUT2D eigenvalue weighted by molar-refractivity contribution is -0.136. The summed E-state index contributed by atoms with van der Waals surface area (Å²) in [5.74, 6) is -0.367. The van der Waals surface area contributed by atoms with Crippen LogP contribution in [0.4, 0.5) is 17.1 Å². The molecular weight excluding hydrogens is 366 g/mol. The Morgan fingerprint density at radius 3 is 2.72 bits per heavy atom. The summed E-state index contributed by atoms with van der Waals surface area (Å²) in [5, 5.41) is 21.5. The number of nitrogens with one attached hydrogen (secondary N) is 1. The van der Waals surface area contributed by atoms with Gasteiger partial charge in [-0.15, -0.1) is 0 Å². The predicted molar refractivity (Wildman–Crippen MR) is 114 cm³/mol. The first-order valence-corrected chi connectivity index (χ1v) is 9.94. The number of nitriles is 1. The minimum Gasteiger partial charge on any atom is -0.481 e. The van der Waals surface area contributed by atoms with Crippen LogP contribution in [0, 0.1) is 17.2 Å². The van der Waals surface area contributed by atoms with E-state index in [0.29, 0.717) is 31.1 Å². The standard InChI is InChI=1S/C23H27N3O3/c1-16(2)22-15-29-12-11-26(22)21-9-5-17(6-10-23(27)28)13-20(21)25-19-7-3-18(14-24)4-8-19/h3-5,7-9,13,16,22,25H,6,10-12,15H2,1-2H3,(H,27,28)/t22-/m1/s1. The van der Waals surface area contributed by atoms with Gasteiger partial charge >= 0.3 is 5.97 Å². The summed E-state index contributed by atoms with van der Waals surface area (Å²) >= 11 is 0. The molecular formula is C23H27N3O3. The molecule has 1 heterocycles. The van der Waals surface area contributed by atoms with Crippen molar-refractivity contribution >= 4 is 23.0 Å². The van der Waals surface area contributed by atoms with Gasteiger partial charge in [0.25, 0.3) is 0 Å². The summed E-state index contributed by atoms with van der Waals surface area (Å²) in [4.78, 5) is 13.4. The molecule has 0 amide bonds. The molecule has 152 valence electrons. The normalized spacial score (nSPS) is 16.5. The Balaban J connectivity index is 1.94. The second-order valence-electron chi connectivity index (χ2n) is 7.64. The van der Waals surface area contributed by atoms with Crippen molar-refractivity contribution in [1.29, 1.82) is 5.26 Å². The Morgan fingerprint density at radius 1 is 1.31 bits per heavy atom. The third kappa shape index (κ3) is 5.27. The molecule has 0 radical (unpaired) electrons. The van der Waals surface area contributed by atoms with Gasteiger partial charge in [0.15, 0.2) is 0 Å². The molecule has 1 aliphatic rings. The fourth-order valence-electron chi connectivity index (χ4n) is 3.60. The number of ether oxygens (including phenoxy) is 1. The van der Waals surface area contributed by atoms with Crippen LogP contribution in [-0.4, -0.2) is 36.9 Å². The fraction of sp³-hybridized carbons (Fsp3) is 0.391. The van der Waals surface area contributed by atoms with E-state index < -0.39 is 5.97 Å². The maximum Gasteiger partial charge on any atom is 0.303 e. The number of morpholine rings is 1. The van der Waals surface area contributed by atoms with E-state index in [0.717, 1.165) is 29.2 Å². The minimum atomic E-state index is -0.802. The molecule has 2 aromatic rings. The van der Waals surface area contributed by atoms with Crippen LogP contribution in [0.3, 0.4) is 0 Å². The van der Waals surface area contributed by atoms with Crippen molar-refractivity contribution in [2.24, 2.45) is 5.92 Å². The number of benzene rings is 2. The van der Waals surface area contributed by atoms with Gasteiger partial charge in [-0.3, -0.25) is 4.79 Å². The van der Waals surface area contributed by atoms with E-state index in [-0.39, 0.29) is 12.5 Å². The zero-order valence-electron chi connectivity index (χ0n) is 16.9. The number of nitrogens with zero attached hydrogens (tertiary/aromatic N) is 2. The number of hydrogen-bond donors (Lipinski definition) is 2. The number of carboxylic acids is 1. The van der Waals surface area contributed by atoms with Crippen LogP contribution >= 0.6 is 0 Å². The maximum atomic E-state index is 11.0. The molecule has 0 aliphatic carbocycles. The molecule has 1 saturated heterocycles. The third-order valence-electron chi connectivity index (χ3n) is 5.23. The number of aryl methyl sites for hydroxylation is 1. The van der Waals surface area contributed by atoms with Gasteiger partial charge in [0, 0.05) is 18.7 Å². The minimum absolute atomic E-state index is 0.0990. The number of hydrogen-bond acceptors (Lipinski definition) is 5.